The molecule has 104 valence electrons. The van der Waals surface area contributed by atoms with Gasteiger partial charge in [0.05, 0.1) is 5.69 Å². The minimum atomic E-state index is -0.102. The maximum Gasteiger partial charge on any atom is 0.322 e. The Morgan fingerprint density at radius 2 is 2.15 bits per heavy atom. The number of hydrogen-bond acceptors (Lipinski definition) is 6. The molecule has 0 aromatic carbocycles. The van der Waals surface area contributed by atoms with Crippen LogP contribution in [0.15, 0.2) is 29.6 Å². The highest BCUT2D eigenvalue weighted by Crippen LogP contribution is 2.22. The molecule has 0 saturated heterocycles. The van der Waals surface area contributed by atoms with Crippen molar-refractivity contribution in [3.8, 4) is 11.8 Å². The minimum absolute atomic E-state index is 0.102. The largest absolute Gasteiger partial charge is 0.422 e. The standard InChI is InChI=1S/C13H15N5O2/c1-3-9-11(5-4-8(2)16-9)20-13-15-7-6-10(17-13)12(14)18-19/h4-7,19H,3H2,1-2H3,(H2,14,18). The summed E-state index contributed by atoms with van der Waals surface area (Å²) >= 11 is 0. The van der Waals surface area contributed by atoms with Gasteiger partial charge in [-0.25, -0.2) is 4.98 Å². The second kappa shape index (κ2) is 5.96. The van der Waals surface area contributed by atoms with Crippen LogP contribution in [0.25, 0.3) is 0 Å². The maximum absolute atomic E-state index is 8.63. The van der Waals surface area contributed by atoms with Crippen LogP contribution in [0.3, 0.4) is 0 Å². The molecule has 0 aliphatic heterocycles. The quantitative estimate of drug-likeness (QED) is 0.379. The molecule has 0 atom stereocenters. The number of oxime groups is 1. The van der Waals surface area contributed by atoms with E-state index >= 15 is 0 Å². The highest BCUT2D eigenvalue weighted by molar-refractivity contribution is 5.95. The molecule has 7 nitrogen and oxygen atoms in total. The van der Waals surface area contributed by atoms with Crippen molar-refractivity contribution in [3.05, 3.63) is 41.5 Å². The van der Waals surface area contributed by atoms with Crippen molar-refractivity contribution >= 4 is 5.84 Å². The normalized spacial score (nSPS) is 11.4. The summed E-state index contributed by atoms with van der Waals surface area (Å²) in [6.45, 7) is 3.90. The van der Waals surface area contributed by atoms with Gasteiger partial charge in [0.15, 0.2) is 11.6 Å². The maximum atomic E-state index is 8.63. The number of aromatic nitrogens is 3. The van der Waals surface area contributed by atoms with E-state index in [-0.39, 0.29) is 17.5 Å². The number of nitrogens with two attached hydrogens (primary N) is 1. The second-order valence-corrected chi connectivity index (χ2v) is 4.06. The summed E-state index contributed by atoms with van der Waals surface area (Å²) in [5.41, 5.74) is 7.50. The van der Waals surface area contributed by atoms with Gasteiger partial charge in [0.2, 0.25) is 0 Å². The molecule has 0 radical (unpaired) electrons. The molecule has 2 aromatic heterocycles. The molecule has 0 amide bonds. The lowest BCUT2D eigenvalue weighted by molar-refractivity contribution is 0.318. The smallest absolute Gasteiger partial charge is 0.322 e. The summed E-state index contributed by atoms with van der Waals surface area (Å²) in [7, 11) is 0. The number of amidine groups is 1. The van der Waals surface area contributed by atoms with Gasteiger partial charge in [0.1, 0.15) is 5.69 Å². The third-order valence-electron chi connectivity index (χ3n) is 2.61. The molecule has 0 fully saturated rings. The molecule has 2 rings (SSSR count). The Morgan fingerprint density at radius 3 is 2.85 bits per heavy atom. The number of hydrogen-bond donors (Lipinski definition) is 2. The van der Waals surface area contributed by atoms with Crippen molar-refractivity contribution in [2.45, 2.75) is 20.3 Å². The Labute approximate surface area is 116 Å². The van der Waals surface area contributed by atoms with Gasteiger partial charge in [-0.15, -0.1) is 0 Å². The lowest BCUT2D eigenvalue weighted by atomic mass is 10.2. The van der Waals surface area contributed by atoms with Gasteiger partial charge in [-0.2, -0.15) is 4.98 Å². The van der Waals surface area contributed by atoms with Crippen molar-refractivity contribution < 1.29 is 9.94 Å². The average Bonchev–Trinajstić information content (AvgIpc) is 2.48. The van der Waals surface area contributed by atoms with E-state index in [9.17, 15) is 0 Å². The fourth-order valence-corrected chi connectivity index (χ4v) is 1.63. The van der Waals surface area contributed by atoms with E-state index < -0.39 is 0 Å². The van der Waals surface area contributed by atoms with E-state index in [0.717, 1.165) is 17.8 Å². The van der Waals surface area contributed by atoms with Crippen LogP contribution in [0.2, 0.25) is 0 Å². The monoisotopic (exact) mass is 273 g/mol. The minimum Gasteiger partial charge on any atom is -0.422 e. The second-order valence-electron chi connectivity index (χ2n) is 4.06. The Bertz CT molecular complexity index is 642. The Balaban J connectivity index is 2.31. The Hall–Kier alpha value is -2.70. The molecular weight excluding hydrogens is 258 g/mol. The Kier molecular flexibility index (Phi) is 4.09. The zero-order chi connectivity index (χ0) is 14.5. The predicted octanol–water partition coefficient (Wildman–Crippen LogP) is 1.63. The summed E-state index contributed by atoms with van der Waals surface area (Å²) in [6, 6.07) is 5.31. The summed E-state index contributed by atoms with van der Waals surface area (Å²) in [5.74, 6) is 0.491. The number of ether oxygens (including phenoxy) is 1. The van der Waals surface area contributed by atoms with Crippen molar-refractivity contribution in [2.24, 2.45) is 10.9 Å². The van der Waals surface area contributed by atoms with E-state index in [1.165, 1.54) is 12.3 Å². The van der Waals surface area contributed by atoms with Crippen LogP contribution in [-0.4, -0.2) is 26.0 Å². The average molecular weight is 273 g/mol. The first-order valence-corrected chi connectivity index (χ1v) is 6.09. The molecule has 7 heteroatoms. The lowest BCUT2D eigenvalue weighted by Crippen LogP contribution is -2.15. The van der Waals surface area contributed by atoms with Gasteiger partial charge in [-0.05, 0) is 31.5 Å². The highest BCUT2D eigenvalue weighted by Gasteiger charge is 2.09. The molecule has 2 aromatic rings. The number of pyridine rings is 1. The SMILES string of the molecule is CCc1nc(C)ccc1Oc1nccc(/C(N)=N/O)n1. The van der Waals surface area contributed by atoms with E-state index in [4.69, 9.17) is 15.7 Å². The van der Waals surface area contributed by atoms with Crippen LogP contribution in [-0.2, 0) is 6.42 Å². The first kappa shape index (κ1) is 13.7. The third-order valence-corrected chi connectivity index (χ3v) is 2.61. The number of aryl methyl sites for hydroxylation is 2. The molecule has 0 saturated carbocycles. The molecular formula is C13H15N5O2. The van der Waals surface area contributed by atoms with Gasteiger partial charge in [-0.3, -0.25) is 4.98 Å². The molecule has 2 heterocycles. The van der Waals surface area contributed by atoms with E-state index in [1.54, 1.807) is 0 Å². The van der Waals surface area contributed by atoms with Gasteiger partial charge in [-0.1, -0.05) is 12.1 Å². The van der Waals surface area contributed by atoms with Crippen molar-refractivity contribution in [1.82, 2.24) is 15.0 Å². The molecule has 0 spiro atoms. The van der Waals surface area contributed by atoms with Crippen molar-refractivity contribution in [3.63, 3.8) is 0 Å². The number of rotatable bonds is 4. The lowest BCUT2D eigenvalue weighted by Gasteiger charge is -2.09. The van der Waals surface area contributed by atoms with Crippen LogP contribution < -0.4 is 10.5 Å². The summed E-state index contributed by atoms with van der Waals surface area (Å²) in [6.07, 6.45) is 2.21. The predicted molar refractivity (Wildman–Crippen MR) is 73.0 cm³/mol. The zero-order valence-corrected chi connectivity index (χ0v) is 11.2. The van der Waals surface area contributed by atoms with Crippen LogP contribution in [0.1, 0.15) is 24.0 Å². The first-order valence-electron chi connectivity index (χ1n) is 6.09. The van der Waals surface area contributed by atoms with Gasteiger partial charge in [0.25, 0.3) is 0 Å². The first-order chi connectivity index (χ1) is 9.63. The van der Waals surface area contributed by atoms with Crippen LogP contribution in [0, 0.1) is 6.92 Å². The third kappa shape index (κ3) is 3.00. The van der Waals surface area contributed by atoms with Crippen molar-refractivity contribution in [1.29, 1.82) is 0 Å². The molecule has 0 aliphatic carbocycles. The summed E-state index contributed by atoms with van der Waals surface area (Å²) in [5, 5.41) is 11.5. The highest BCUT2D eigenvalue weighted by atomic mass is 16.5. The van der Waals surface area contributed by atoms with Gasteiger partial charge < -0.3 is 15.7 Å². The Morgan fingerprint density at radius 1 is 1.35 bits per heavy atom. The number of nitrogens with zero attached hydrogens (tertiary/aromatic N) is 4. The van der Waals surface area contributed by atoms with Crippen molar-refractivity contribution in [2.75, 3.05) is 0 Å². The van der Waals surface area contributed by atoms with E-state index in [2.05, 4.69) is 20.1 Å². The van der Waals surface area contributed by atoms with E-state index in [0.29, 0.717) is 5.75 Å². The van der Waals surface area contributed by atoms with Gasteiger partial charge >= 0.3 is 6.01 Å². The fraction of sp³-hybridized carbons (Fsp3) is 0.231. The molecule has 0 unspecified atom stereocenters. The molecule has 20 heavy (non-hydrogen) atoms. The molecule has 0 aliphatic rings. The van der Waals surface area contributed by atoms with Crippen LogP contribution >= 0.6 is 0 Å². The summed E-state index contributed by atoms with van der Waals surface area (Å²) < 4.78 is 5.61. The zero-order valence-electron chi connectivity index (χ0n) is 11.2. The topological polar surface area (TPSA) is 107 Å². The van der Waals surface area contributed by atoms with Crippen LogP contribution in [0.4, 0.5) is 0 Å². The fourth-order valence-electron chi connectivity index (χ4n) is 1.63. The molecule has 3 N–H and O–H groups in total. The van der Waals surface area contributed by atoms with E-state index in [1.807, 2.05) is 26.0 Å². The van der Waals surface area contributed by atoms with Crippen LogP contribution in [0.5, 0.6) is 11.8 Å². The van der Waals surface area contributed by atoms with Gasteiger partial charge in [0, 0.05) is 11.9 Å². The molecule has 0 bridgehead atoms. The summed E-state index contributed by atoms with van der Waals surface area (Å²) in [4.78, 5) is 12.4.